The quantitative estimate of drug-likeness (QED) is 0.770. The second-order valence-electron chi connectivity index (χ2n) is 6.69. The smallest absolute Gasteiger partial charge is 0.147 e. The second-order valence-corrected chi connectivity index (χ2v) is 7.44. The number of halogens is 4. The average molecular weight is 421 g/mol. The Hall–Kier alpha value is -0.920. The van der Waals surface area contributed by atoms with Gasteiger partial charge in [-0.1, -0.05) is 29.3 Å². The minimum absolute atomic E-state index is 0. The third kappa shape index (κ3) is 3.85. The van der Waals surface area contributed by atoms with E-state index in [1.54, 1.807) is 6.07 Å². The Morgan fingerprint density at radius 1 is 1.12 bits per heavy atom. The number of piperidine rings is 1. The monoisotopic (exact) mass is 419 g/mol. The molecule has 0 atom stereocenters. The van der Waals surface area contributed by atoms with Crippen molar-refractivity contribution >= 4 is 35.6 Å². The van der Waals surface area contributed by atoms with Crippen LogP contribution in [0.25, 0.3) is 0 Å². The van der Waals surface area contributed by atoms with Crippen molar-refractivity contribution in [2.75, 3.05) is 19.6 Å². The predicted octanol–water partition coefficient (Wildman–Crippen LogP) is 3.63. The van der Waals surface area contributed by atoms with Crippen LogP contribution in [-0.4, -0.2) is 39.3 Å². The number of rotatable bonds is 3. The van der Waals surface area contributed by atoms with Gasteiger partial charge in [-0.2, -0.15) is 0 Å². The first-order valence-corrected chi connectivity index (χ1v) is 9.36. The molecule has 0 bridgehead atoms. The van der Waals surface area contributed by atoms with Crippen LogP contribution in [0.5, 0.6) is 0 Å². The van der Waals surface area contributed by atoms with Gasteiger partial charge in [-0.3, -0.25) is 4.90 Å². The van der Waals surface area contributed by atoms with Gasteiger partial charge < -0.3 is 9.88 Å². The van der Waals surface area contributed by atoms with E-state index in [0.717, 1.165) is 62.8 Å². The maximum Gasteiger partial charge on any atom is 0.147 e. The summed E-state index contributed by atoms with van der Waals surface area (Å²) < 4.78 is 15.7. The molecule has 2 aromatic rings. The summed E-state index contributed by atoms with van der Waals surface area (Å²) in [4.78, 5) is 2.33. The fourth-order valence-corrected chi connectivity index (χ4v) is 4.09. The largest absolute Gasteiger partial charge is 0.312 e. The van der Waals surface area contributed by atoms with Gasteiger partial charge in [-0.15, -0.1) is 22.6 Å². The summed E-state index contributed by atoms with van der Waals surface area (Å²) in [6, 6.07) is 3.10. The molecule has 0 saturated carbocycles. The van der Waals surface area contributed by atoms with Crippen molar-refractivity contribution in [3.8, 4) is 0 Å². The van der Waals surface area contributed by atoms with Crippen molar-refractivity contribution in [1.82, 2.24) is 25.0 Å². The number of nitrogens with one attached hydrogen (secondary N) is 1. The Labute approximate surface area is 168 Å². The summed E-state index contributed by atoms with van der Waals surface area (Å²) in [7, 11) is 0. The number of hydrogen-bond acceptors (Lipinski definition) is 4. The maximum atomic E-state index is 13.4. The topological polar surface area (TPSA) is 46.0 Å². The highest BCUT2D eigenvalue weighted by Gasteiger charge is 2.27. The fraction of sp³-hybridized carbons (Fsp3) is 0.529. The molecule has 3 heterocycles. The summed E-state index contributed by atoms with van der Waals surface area (Å²) in [5.74, 6) is 2.14. The van der Waals surface area contributed by atoms with E-state index in [1.165, 1.54) is 6.07 Å². The molecule has 4 rings (SSSR count). The molecule has 9 heteroatoms. The van der Waals surface area contributed by atoms with Gasteiger partial charge >= 0.3 is 0 Å². The van der Waals surface area contributed by atoms with Gasteiger partial charge in [0.25, 0.3) is 0 Å². The Kier molecular flexibility index (Phi) is 6.41. The van der Waals surface area contributed by atoms with E-state index in [-0.39, 0.29) is 17.4 Å². The van der Waals surface area contributed by atoms with Crippen LogP contribution in [0.3, 0.4) is 0 Å². The maximum absolute atomic E-state index is 13.4. The lowest BCUT2D eigenvalue weighted by molar-refractivity contribution is 0.199. The molecule has 1 N–H and O–H groups in total. The lowest BCUT2D eigenvalue weighted by Crippen LogP contribution is -2.34. The minimum atomic E-state index is -0.472. The lowest BCUT2D eigenvalue weighted by atomic mass is 9.95. The highest BCUT2D eigenvalue weighted by Crippen LogP contribution is 2.32. The Morgan fingerprint density at radius 2 is 1.88 bits per heavy atom. The van der Waals surface area contributed by atoms with E-state index >= 15 is 0 Å². The molecule has 1 saturated heterocycles. The van der Waals surface area contributed by atoms with E-state index in [2.05, 4.69) is 25.0 Å². The van der Waals surface area contributed by atoms with Crippen LogP contribution in [0.4, 0.5) is 4.39 Å². The lowest BCUT2D eigenvalue weighted by Gasteiger charge is -2.32. The van der Waals surface area contributed by atoms with Crippen LogP contribution in [0.15, 0.2) is 12.1 Å². The second kappa shape index (κ2) is 8.40. The molecule has 1 fully saturated rings. The van der Waals surface area contributed by atoms with E-state index in [0.29, 0.717) is 17.5 Å². The van der Waals surface area contributed by atoms with Crippen molar-refractivity contribution in [1.29, 1.82) is 0 Å². The van der Waals surface area contributed by atoms with Gasteiger partial charge in [0.05, 0.1) is 16.6 Å². The van der Waals surface area contributed by atoms with Crippen LogP contribution in [-0.2, 0) is 19.6 Å². The van der Waals surface area contributed by atoms with Gasteiger partial charge in [-0.25, -0.2) is 4.39 Å². The predicted molar refractivity (Wildman–Crippen MR) is 103 cm³/mol. The van der Waals surface area contributed by atoms with Crippen LogP contribution in [0, 0.1) is 5.82 Å². The number of benzene rings is 1. The van der Waals surface area contributed by atoms with E-state index in [9.17, 15) is 4.39 Å². The Balaban J connectivity index is 0.00000196. The Morgan fingerprint density at radius 3 is 2.65 bits per heavy atom. The summed E-state index contributed by atoms with van der Waals surface area (Å²) >= 11 is 12.1. The molecule has 1 aromatic carbocycles. The molecule has 142 valence electrons. The average Bonchev–Trinajstić information content (AvgIpc) is 3.07. The normalized spacial score (nSPS) is 18.4. The number of nitrogens with zero attached hydrogens (tertiary/aromatic N) is 4. The first-order chi connectivity index (χ1) is 12.1. The first kappa shape index (κ1) is 19.8. The van der Waals surface area contributed by atoms with E-state index in [4.69, 9.17) is 23.2 Å². The molecule has 2 aliphatic heterocycles. The molecule has 0 radical (unpaired) electrons. The highest BCUT2D eigenvalue weighted by atomic mass is 35.5. The zero-order chi connectivity index (χ0) is 17.4. The van der Waals surface area contributed by atoms with Gasteiger partial charge in [0.15, 0.2) is 0 Å². The summed E-state index contributed by atoms with van der Waals surface area (Å²) in [6.07, 6.45) is 2.08. The van der Waals surface area contributed by atoms with E-state index in [1.807, 2.05) is 0 Å². The summed E-state index contributed by atoms with van der Waals surface area (Å²) in [5.41, 5.74) is 0.873. The number of hydrogen-bond donors (Lipinski definition) is 1. The van der Waals surface area contributed by atoms with Crippen LogP contribution in [0.2, 0.25) is 10.0 Å². The summed E-state index contributed by atoms with van der Waals surface area (Å²) in [6.45, 7) is 5.32. The fourth-order valence-electron chi connectivity index (χ4n) is 3.69. The van der Waals surface area contributed by atoms with Crippen molar-refractivity contribution in [3.63, 3.8) is 0 Å². The van der Waals surface area contributed by atoms with Crippen molar-refractivity contribution < 1.29 is 4.39 Å². The van der Waals surface area contributed by atoms with Crippen molar-refractivity contribution in [2.24, 2.45) is 0 Å². The third-order valence-electron chi connectivity index (χ3n) is 5.11. The zero-order valence-corrected chi connectivity index (χ0v) is 16.5. The number of likely N-dealkylation sites (tertiary alicyclic amines) is 1. The van der Waals surface area contributed by atoms with Crippen molar-refractivity contribution in [3.05, 3.63) is 45.2 Å². The molecule has 0 aliphatic carbocycles. The standard InChI is InChI=1S/C17H20Cl2FN5.ClH/c18-15-12(1-2-13(20)16(15)19)10-24-6-3-11(4-7-24)17-23-22-14-9-21-5-8-25(14)17;/h1-2,11,21H,3-10H2;1H. The highest BCUT2D eigenvalue weighted by molar-refractivity contribution is 6.42. The molecule has 5 nitrogen and oxygen atoms in total. The van der Waals surface area contributed by atoms with E-state index < -0.39 is 5.82 Å². The number of aromatic nitrogens is 3. The number of fused-ring (bicyclic) bond motifs is 1. The molecule has 2 aliphatic rings. The van der Waals surface area contributed by atoms with Gasteiger partial charge in [-0.05, 0) is 37.6 Å². The zero-order valence-electron chi connectivity index (χ0n) is 14.2. The SMILES string of the molecule is Cl.Fc1ccc(CN2CCC(c3nnc4n3CCNC4)CC2)c(Cl)c1Cl. The van der Waals surface area contributed by atoms with Crippen molar-refractivity contribution in [2.45, 2.75) is 38.4 Å². The minimum Gasteiger partial charge on any atom is -0.312 e. The van der Waals surface area contributed by atoms with Crippen LogP contribution >= 0.6 is 35.6 Å². The van der Waals surface area contributed by atoms with Gasteiger partial charge in [0.1, 0.15) is 17.5 Å². The molecule has 26 heavy (non-hydrogen) atoms. The molecular formula is C17H21Cl3FN5. The molecule has 1 aromatic heterocycles. The molecule has 0 spiro atoms. The third-order valence-corrected chi connectivity index (χ3v) is 6.01. The molecule has 0 amide bonds. The van der Waals surface area contributed by atoms with Gasteiger partial charge in [0.2, 0.25) is 0 Å². The Bertz CT molecular complexity index is 774. The van der Waals surface area contributed by atoms with Crippen LogP contribution < -0.4 is 5.32 Å². The summed E-state index contributed by atoms with van der Waals surface area (Å²) in [5, 5.41) is 12.4. The van der Waals surface area contributed by atoms with Crippen LogP contribution in [0.1, 0.15) is 36.0 Å². The molecule has 0 unspecified atom stereocenters. The van der Waals surface area contributed by atoms with Gasteiger partial charge in [0, 0.05) is 25.6 Å². The molecular weight excluding hydrogens is 400 g/mol. The first-order valence-electron chi connectivity index (χ1n) is 8.61.